The number of aryl methyl sites for hydroxylation is 1. The summed E-state index contributed by atoms with van der Waals surface area (Å²) in [6.07, 6.45) is 2.79. The van der Waals surface area contributed by atoms with Crippen LogP contribution in [0.3, 0.4) is 0 Å². The summed E-state index contributed by atoms with van der Waals surface area (Å²) in [5.41, 5.74) is 1.15. The molecule has 1 N–H and O–H groups in total. The number of nitrogens with zero attached hydrogens (tertiary/aromatic N) is 5. The van der Waals surface area contributed by atoms with Gasteiger partial charge in [-0.2, -0.15) is 5.10 Å². The Morgan fingerprint density at radius 2 is 2.17 bits per heavy atom. The molecule has 0 saturated heterocycles. The maximum absolute atomic E-state index is 12.5. The van der Waals surface area contributed by atoms with Crippen LogP contribution in [0, 0.1) is 17.0 Å². The van der Waals surface area contributed by atoms with E-state index in [1.807, 2.05) is 13.0 Å². The first-order valence-corrected chi connectivity index (χ1v) is 7.25. The van der Waals surface area contributed by atoms with Crippen molar-refractivity contribution >= 4 is 16.6 Å². The van der Waals surface area contributed by atoms with Crippen LogP contribution in [0.4, 0.5) is 5.69 Å². The van der Waals surface area contributed by atoms with Crippen LogP contribution in [0.2, 0.25) is 0 Å². The normalized spacial score (nSPS) is 12.4. The van der Waals surface area contributed by atoms with Gasteiger partial charge >= 0.3 is 5.69 Å². The number of aromatic nitrogens is 4. The number of hydrogen-bond donors (Lipinski definition) is 1. The van der Waals surface area contributed by atoms with Gasteiger partial charge in [-0.05, 0) is 19.1 Å². The van der Waals surface area contributed by atoms with Gasteiger partial charge < -0.3 is 5.11 Å². The topological polar surface area (TPSA) is 116 Å². The van der Waals surface area contributed by atoms with Crippen molar-refractivity contribution in [1.82, 2.24) is 19.3 Å². The molecular formula is C15H15N5O4. The highest BCUT2D eigenvalue weighted by atomic mass is 16.6. The zero-order valence-electron chi connectivity index (χ0n) is 12.9. The Balaban J connectivity index is 1.79. The Labute approximate surface area is 135 Å². The summed E-state index contributed by atoms with van der Waals surface area (Å²) in [4.78, 5) is 26.7. The second-order valence-corrected chi connectivity index (χ2v) is 5.55. The third-order valence-corrected chi connectivity index (χ3v) is 3.62. The van der Waals surface area contributed by atoms with E-state index in [0.29, 0.717) is 10.9 Å². The van der Waals surface area contributed by atoms with Crippen LogP contribution in [0.15, 0.2) is 41.7 Å². The highest BCUT2D eigenvalue weighted by molar-refractivity contribution is 5.77. The second-order valence-electron chi connectivity index (χ2n) is 5.55. The molecule has 0 radical (unpaired) electrons. The smallest absolute Gasteiger partial charge is 0.306 e. The van der Waals surface area contributed by atoms with Gasteiger partial charge in [0.05, 0.1) is 41.3 Å². The largest absolute Gasteiger partial charge is 0.389 e. The van der Waals surface area contributed by atoms with Crippen molar-refractivity contribution in [1.29, 1.82) is 0 Å². The van der Waals surface area contributed by atoms with Gasteiger partial charge in [0.1, 0.15) is 12.4 Å². The minimum Gasteiger partial charge on any atom is -0.389 e. The van der Waals surface area contributed by atoms with E-state index in [9.17, 15) is 20.0 Å². The molecule has 0 spiro atoms. The molecule has 0 bridgehead atoms. The van der Waals surface area contributed by atoms with Crippen LogP contribution in [0.5, 0.6) is 0 Å². The minimum atomic E-state index is -0.939. The molecule has 0 aliphatic rings. The molecule has 0 amide bonds. The summed E-state index contributed by atoms with van der Waals surface area (Å²) in [5, 5.41) is 25.1. The molecule has 3 aromatic rings. The molecule has 0 aliphatic heterocycles. The maximum atomic E-state index is 12.5. The van der Waals surface area contributed by atoms with Gasteiger partial charge in [0.15, 0.2) is 0 Å². The summed E-state index contributed by atoms with van der Waals surface area (Å²) in [5.74, 6) is 0. The SMILES string of the molecule is Cc1ccc2ncn(C[C@H](O)Cn3cc([N+](=O)[O-])cn3)c(=O)c2c1. The summed E-state index contributed by atoms with van der Waals surface area (Å²) in [6, 6.07) is 5.40. The fraction of sp³-hybridized carbons (Fsp3) is 0.267. The van der Waals surface area contributed by atoms with E-state index in [2.05, 4.69) is 10.1 Å². The molecule has 9 heteroatoms. The number of aliphatic hydroxyl groups is 1. The van der Waals surface area contributed by atoms with E-state index >= 15 is 0 Å². The van der Waals surface area contributed by atoms with E-state index in [-0.39, 0.29) is 24.3 Å². The van der Waals surface area contributed by atoms with Crippen molar-refractivity contribution in [3.05, 3.63) is 63.0 Å². The first-order valence-electron chi connectivity index (χ1n) is 7.25. The minimum absolute atomic E-state index is 0.0172. The quantitative estimate of drug-likeness (QED) is 0.548. The third kappa shape index (κ3) is 3.15. The Kier molecular flexibility index (Phi) is 4.09. The lowest BCUT2D eigenvalue weighted by molar-refractivity contribution is -0.385. The zero-order valence-corrected chi connectivity index (χ0v) is 12.9. The van der Waals surface area contributed by atoms with Crippen LogP contribution in [0.1, 0.15) is 5.56 Å². The number of nitro groups is 1. The van der Waals surface area contributed by atoms with E-state index in [4.69, 9.17) is 0 Å². The number of hydrogen-bond acceptors (Lipinski definition) is 6. The first-order chi connectivity index (χ1) is 11.4. The van der Waals surface area contributed by atoms with E-state index < -0.39 is 11.0 Å². The van der Waals surface area contributed by atoms with Crippen LogP contribution in [-0.4, -0.2) is 35.5 Å². The molecule has 2 heterocycles. The molecule has 0 saturated carbocycles. The number of rotatable bonds is 5. The molecule has 24 heavy (non-hydrogen) atoms. The lowest BCUT2D eigenvalue weighted by Gasteiger charge is -2.13. The van der Waals surface area contributed by atoms with Crippen molar-refractivity contribution < 1.29 is 10.0 Å². The van der Waals surface area contributed by atoms with Gasteiger partial charge in [-0.3, -0.25) is 24.2 Å². The lowest BCUT2D eigenvalue weighted by Crippen LogP contribution is -2.29. The Hall–Kier alpha value is -3.07. The average molecular weight is 329 g/mol. The van der Waals surface area contributed by atoms with Gasteiger partial charge in [0, 0.05) is 0 Å². The molecule has 3 rings (SSSR count). The van der Waals surface area contributed by atoms with Crippen molar-refractivity contribution in [2.75, 3.05) is 0 Å². The Morgan fingerprint density at radius 1 is 1.38 bits per heavy atom. The number of fused-ring (bicyclic) bond motifs is 1. The van der Waals surface area contributed by atoms with Gasteiger partial charge in [-0.25, -0.2) is 4.98 Å². The van der Waals surface area contributed by atoms with Crippen LogP contribution in [0.25, 0.3) is 10.9 Å². The van der Waals surface area contributed by atoms with Crippen LogP contribution < -0.4 is 5.56 Å². The van der Waals surface area contributed by atoms with Crippen LogP contribution in [-0.2, 0) is 13.1 Å². The third-order valence-electron chi connectivity index (χ3n) is 3.62. The van der Waals surface area contributed by atoms with Crippen LogP contribution >= 0.6 is 0 Å². The molecule has 0 unspecified atom stereocenters. The highest BCUT2D eigenvalue weighted by Crippen LogP contribution is 2.10. The van der Waals surface area contributed by atoms with Crippen molar-refractivity contribution in [2.24, 2.45) is 0 Å². The van der Waals surface area contributed by atoms with Crippen molar-refractivity contribution in [3.63, 3.8) is 0 Å². The average Bonchev–Trinajstić information content (AvgIpc) is 2.99. The Morgan fingerprint density at radius 3 is 2.88 bits per heavy atom. The first kappa shape index (κ1) is 15.8. The Bertz CT molecular complexity index is 962. The van der Waals surface area contributed by atoms with Crippen molar-refractivity contribution in [3.8, 4) is 0 Å². The van der Waals surface area contributed by atoms with Gasteiger partial charge in [-0.15, -0.1) is 0 Å². The summed E-state index contributed by atoms with van der Waals surface area (Å²) in [6.45, 7) is 1.94. The fourth-order valence-electron chi connectivity index (χ4n) is 2.45. The second kappa shape index (κ2) is 6.20. The zero-order chi connectivity index (χ0) is 17.3. The summed E-state index contributed by atoms with van der Waals surface area (Å²) >= 11 is 0. The van der Waals surface area contributed by atoms with Gasteiger partial charge in [0.25, 0.3) is 5.56 Å². The molecular weight excluding hydrogens is 314 g/mol. The molecule has 0 aliphatic carbocycles. The molecule has 1 aromatic carbocycles. The highest BCUT2D eigenvalue weighted by Gasteiger charge is 2.13. The number of benzene rings is 1. The lowest BCUT2D eigenvalue weighted by atomic mass is 10.2. The van der Waals surface area contributed by atoms with E-state index in [1.165, 1.54) is 21.8 Å². The van der Waals surface area contributed by atoms with Gasteiger partial charge in [0.2, 0.25) is 0 Å². The molecule has 2 aromatic heterocycles. The molecule has 9 nitrogen and oxygen atoms in total. The van der Waals surface area contributed by atoms with Gasteiger partial charge in [-0.1, -0.05) is 11.6 Å². The molecule has 0 fully saturated rings. The molecule has 124 valence electrons. The monoisotopic (exact) mass is 329 g/mol. The predicted molar refractivity (Wildman–Crippen MR) is 85.6 cm³/mol. The van der Waals surface area contributed by atoms with Crippen molar-refractivity contribution in [2.45, 2.75) is 26.1 Å². The summed E-state index contributed by atoms with van der Waals surface area (Å²) in [7, 11) is 0. The summed E-state index contributed by atoms with van der Waals surface area (Å²) < 4.78 is 2.59. The standard InChI is InChI=1S/C15H15N5O4/c1-10-2-3-14-13(4-10)15(22)18(9-16-14)7-12(21)8-19-6-11(5-17-19)20(23)24/h2-6,9,12,21H,7-8H2,1H3/t12-/m0/s1. The maximum Gasteiger partial charge on any atom is 0.306 e. The van der Waals surface area contributed by atoms with E-state index in [0.717, 1.165) is 11.8 Å². The van der Waals surface area contributed by atoms with E-state index in [1.54, 1.807) is 12.1 Å². The fourth-order valence-corrected chi connectivity index (χ4v) is 2.45. The molecule has 1 atom stereocenters. The number of aliphatic hydroxyl groups excluding tert-OH is 1. The predicted octanol–water partition coefficient (Wildman–Crippen LogP) is 0.871.